The second kappa shape index (κ2) is 5.73. The molecule has 0 unspecified atom stereocenters. The number of aliphatic hydroxyl groups excluding tert-OH is 2. The lowest BCUT2D eigenvalue weighted by Crippen LogP contribution is -2.34. The first kappa shape index (κ1) is 12.0. The van der Waals surface area contributed by atoms with E-state index in [1.54, 1.807) is 0 Å². The Bertz CT molecular complexity index is 301. The third kappa shape index (κ3) is 3.53. The number of anilines is 1. The fourth-order valence-corrected chi connectivity index (χ4v) is 1.55. The van der Waals surface area contributed by atoms with Crippen LogP contribution in [0.1, 0.15) is 12.5 Å². The molecule has 1 aromatic rings. The molecule has 0 fully saturated rings. The van der Waals surface area contributed by atoms with E-state index in [1.807, 2.05) is 36.9 Å². The van der Waals surface area contributed by atoms with Gasteiger partial charge in [0.15, 0.2) is 0 Å². The van der Waals surface area contributed by atoms with Crippen molar-refractivity contribution < 1.29 is 10.2 Å². The van der Waals surface area contributed by atoms with Crippen LogP contribution in [0.25, 0.3) is 0 Å². The lowest BCUT2D eigenvalue weighted by Gasteiger charge is -2.25. The fraction of sp³-hybridized carbons (Fsp3) is 0.500. The van der Waals surface area contributed by atoms with Crippen molar-refractivity contribution in [3.63, 3.8) is 0 Å². The quantitative estimate of drug-likeness (QED) is 0.765. The topological polar surface area (TPSA) is 43.7 Å². The van der Waals surface area contributed by atoms with E-state index >= 15 is 0 Å². The summed E-state index contributed by atoms with van der Waals surface area (Å²) in [6.45, 7) is 5.17. The first-order valence-corrected chi connectivity index (χ1v) is 5.28. The molecule has 0 radical (unpaired) electrons. The molecule has 84 valence electrons. The van der Waals surface area contributed by atoms with E-state index in [9.17, 15) is 5.11 Å². The summed E-state index contributed by atoms with van der Waals surface area (Å²) in [6, 6.07) is 8.13. The van der Waals surface area contributed by atoms with E-state index in [2.05, 4.69) is 6.07 Å². The highest BCUT2D eigenvalue weighted by Crippen LogP contribution is 2.15. The molecule has 0 saturated heterocycles. The zero-order chi connectivity index (χ0) is 11.3. The van der Waals surface area contributed by atoms with Crippen LogP contribution in [-0.4, -0.2) is 36.0 Å². The average molecular weight is 209 g/mol. The summed E-state index contributed by atoms with van der Waals surface area (Å²) < 4.78 is 0. The highest BCUT2D eigenvalue weighted by atomic mass is 16.3. The molecular weight excluding hydrogens is 190 g/mol. The largest absolute Gasteiger partial charge is 0.394 e. The summed E-state index contributed by atoms with van der Waals surface area (Å²) in [7, 11) is 0. The summed E-state index contributed by atoms with van der Waals surface area (Å²) in [4.78, 5) is 2.05. The van der Waals surface area contributed by atoms with E-state index in [0.717, 1.165) is 12.2 Å². The van der Waals surface area contributed by atoms with Gasteiger partial charge in [-0.3, -0.25) is 0 Å². The maximum Gasteiger partial charge on any atom is 0.0945 e. The number of aryl methyl sites for hydroxylation is 1. The highest BCUT2D eigenvalue weighted by Gasteiger charge is 2.09. The standard InChI is InChI=1S/C12H19NO2/c1-3-13(8-12(15)9-14)11-6-4-5-10(2)7-11/h4-7,12,14-15H,3,8-9H2,1-2H3/t12-/m0/s1. The Morgan fingerprint density at radius 2 is 2.13 bits per heavy atom. The van der Waals surface area contributed by atoms with Crippen molar-refractivity contribution in [1.29, 1.82) is 0 Å². The molecule has 0 saturated carbocycles. The van der Waals surface area contributed by atoms with Gasteiger partial charge in [0.2, 0.25) is 0 Å². The molecule has 0 aliphatic carbocycles. The molecule has 0 spiro atoms. The number of nitrogens with zero attached hydrogens (tertiary/aromatic N) is 1. The van der Waals surface area contributed by atoms with Gasteiger partial charge in [-0.2, -0.15) is 0 Å². The van der Waals surface area contributed by atoms with Crippen LogP contribution in [0, 0.1) is 6.92 Å². The zero-order valence-corrected chi connectivity index (χ0v) is 9.35. The Kier molecular flexibility index (Phi) is 4.59. The second-order valence-electron chi connectivity index (χ2n) is 3.71. The van der Waals surface area contributed by atoms with Crippen LogP contribution in [0.15, 0.2) is 24.3 Å². The fourth-order valence-electron chi connectivity index (χ4n) is 1.55. The molecule has 1 aromatic carbocycles. The SMILES string of the molecule is CCN(C[C@H](O)CO)c1cccc(C)c1. The number of hydrogen-bond donors (Lipinski definition) is 2. The van der Waals surface area contributed by atoms with Gasteiger partial charge in [-0.1, -0.05) is 12.1 Å². The predicted molar refractivity (Wildman–Crippen MR) is 62.2 cm³/mol. The van der Waals surface area contributed by atoms with Crippen molar-refractivity contribution in [2.45, 2.75) is 20.0 Å². The van der Waals surface area contributed by atoms with Crippen LogP contribution in [0.3, 0.4) is 0 Å². The van der Waals surface area contributed by atoms with E-state index < -0.39 is 6.10 Å². The van der Waals surface area contributed by atoms with Gasteiger partial charge in [-0.25, -0.2) is 0 Å². The van der Waals surface area contributed by atoms with E-state index in [0.29, 0.717) is 6.54 Å². The monoisotopic (exact) mass is 209 g/mol. The molecule has 0 aliphatic rings. The van der Waals surface area contributed by atoms with Gasteiger partial charge in [-0.05, 0) is 31.5 Å². The minimum Gasteiger partial charge on any atom is -0.394 e. The minimum absolute atomic E-state index is 0.192. The van der Waals surface area contributed by atoms with Crippen LogP contribution in [0.2, 0.25) is 0 Å². The molecule has 0 amide bonds. The average Bonchev–Trinajstić information content (AvgIpc) is 2.25. The summed E-state index contributed by atoms with van der Waals surface area (Å²) >= 11 is 0. The van der Waals surface area contributed by atoms with Gasteiger partial charge in [0, 0.05) is 18.8 Å². The van der Waals surface area contributed by atoms with Crippen molar-refractivity contribution in [3.05, 3.63) is 29.8 Å². The normalized spacial score (nSPS) is 12.5. The van der Waals surface area contributed by atoms with Crippen LogP contribution >= 0.6 is 0 Å². The van der Waals surface area contributed by atoms with Crippen LogP contribution in [0.4, 0.5) is 5.69 Å². The number of aliphatic hydroxyl groups is 2. The van der Waals surface area contributed by atoms with Crippen molar-refractivity contribution in [2.75, 3.05) is 24.6 Å². The Morgan fingerprint density at radius 1 is 1.40 bits per heavy atom. The third-order valence-corrected chi connectivity index (χ3v) is 2.39. The zero-order valence-electron chi connectivity index (χ0n) is 9.35. The molecule has 0 aliphatic heterocycles. The maximum atomic E-state index is 9.40. The lowest BCUT2D eigenvalue weighted by molar-refractivity contribution is 0.100. The smallest absolute Gasteiger partial charge is 0.0945 e. The summed E-state index contributed by atoms with van der Waals surface area (Å²) in [5, 5.41) is 18.2. The molecule has 0 aromatic heterocycles. The van der Waals surface area contributed by atoms with E-state index in [-0.39, 0.29) is 6.61 Å². The molecule has 1 rings (SSSR count). The predicted octanol–water partition coefficient (Wildman–Crippen LogP) is 1.17. The van der Waals surface area contributed by atoms with Gasteiger partial charge < -0.3 is 15.1 Å². The highest BCUT2D eigenvalue weighted by molar-refractivity contribution is 5.48. The number of hydrogen-bond acceptors (Lipinski definition) is 3. The van der Waals surface area contributed by atoms with Gasteiger partial charge in [0.1, 0.15) is 0 Å². The van der Waals surface area contributed by atoms with Gasteiger partial charge in [-0.15, -0.1) is 0 Å². The van der Waals surface area contributed by atoms with E-state index in [4.69, 9.17) is 5.11 Å². The Balaban J connectivity index is 2.73. The maximum absolute atomic E-state index is 9.40. The summed E-state index contributed by atoms with van der Waals surface area (Å²) in [6.07, 6.45) is -0.675. The number of likely N-dealkylation sites (N-methyl/N-ethyl adjacent to an activating group) is 1. The molecular formula is C12H19NO2. The van der Waals surface area contributed by atoms with Crippen molar-refractivity contribution in [1.82, 2.24) is 0 Å². The van der Waals surface area contributed by atoms with Crippen molar-refractivity contribution in [2.24, 2.45) is 0 Å². The van der Waals surface area contributed by atoms with Crippen LogP contribution in [-0.2, 0) is 0 Å². The van der Waals surface area contributed by atoms with Crippen molar-refractivity contribution in [3.8, 4) is 0 Å². The third-order valence-electron chi connectivity index (χ3n) is 2.39. The molecule has 15 heavy (non-hydrogen) atoms. The van der Waals surface area contributed by atoms with Crippen LogP contribution < -0.4 is 4.90 Å². The molecule has 2 N–H and O–H groups in total. The van der Waals surface area contributed by atoms with E-state index in [1.165, 1.54) is 5.56 Å². The van der Waals surface area contributed by atoms with Gasteiger partial charge in [0.05, 0.1) is 12.7 Å². The van der Waals surface area contributed by atoms with Crippen molar-refractivity contribution >= 4 is 5.69 Å². The van der Waals surface area contributed by atoms with Gasteiger partial charge in [0.25, 0.3) is 0 Å². The van der Waals surface area contributed by atoms with Gasteiger partial charge >= 0.3 is 0 Å². The molecule has 3 nitrogen and oxygen atoms in total. The Hall–Kier alpha value is -1.06. The Morgan fingerprint density at radius 3 is 2.67 bits per heavy atom. The first-order valence-electron chi connectivity index (χ1n) is 5.28. The summed E-state index contributed by atoms with van der Waals surface area (Å²) in [5.74, 6) is 0. The molecule has 0 heterocycles. The molecule has 0 bridgehead atoms. The second-order valence-corrected chi connectivity index (χ2v) is 3.71. The number of benzene rings is 1. The van der Waals surface area contributed by atoms with Crippen LogP contribution in [0.5, 0.6) is 0 Å². The summed E-state index contributed by atoms with van der Waals surface area (Å²) in [5.41, 5.74) is 2.29. The Labute approximate surface area is 91.0 Å². The number of rotatable bonds is 5. The molecule has 1 atom stereocenters. The first-order chi connectivity index (χ1) is 7.17. The minimum atomic E-state index is -0.675. The molecule has 3 heteroatoms. The lowest BCUT2D eigenvalue weighted by atomic mass is 10.2.